The van der Waals surface area contributed by atoms with E-state index in [-0.39, 0.29) is 20.5 Å². The number of thiophene rings is 1. The minimum atomic E-state index is -4.08. The zero-order chi connectivity index (χ0) is 20.4. The minimum Gasteiger partial charge on any atom is -0.339 e. The number of benzene rings is 1. The monoisotopic (exact) mass is 441 g/mol. The quantitative estimate of drug-likeness (QED) is 0.466. The van der Waals surface area contributed by atoms with Crippen LogP contribution in [-0.4, -0.2) is 32.3 Å². The van der Waals surface area contributed by atoms with Crippen LogP contribution in [0.3, 0.4) is 0 Å². The van der Waals surface area contributed by atoms with Crippen molar-refractivity contribution in [2.45, 2.75) is 9.24 Å². The van der Waals surface area contributed by atoms with Crippen LogP contribution in [0.5, 0.6) is 0 Å². The number of imidazole rings is 1. The number of amides is 1. The Balaban J connectivity index is 1.78. The van der Waals surface area contributed by atoms with Gasteiger partial charge in [0.15, 0.2) is 5.03 Å². The van der Waals surface area contributed by atoms with E-state index < -0.39 is 26.0 Å². The topological polar surface area (TPSA) is 139 Å². The van der Waals surface area contributed by atoms with Crippen molar-refractivity contribution in [2.75, 3.05) is 4.72 Å². The van der Waals surface area contributed by atoms with Crippen molar-refractivity contribution in [3.05, 3.63) is 59.9 Å². The molecular formula is C15H15N5O5S3. The average molecular weight is 442 g/mol. The number of nitrogens with one attached hydrogen (secondary N) is 3. The summed E-state index contributed by atoms with van der Waals surface area (Å²) in [5.74, 6) is -0.844. The molecule has 0 atom stereocenters. The zero-order valence-electron chi connectivity index (χ0n) is 14.4. The summed E-state index contributed by atoms with van der Waals surface area (Å²) in [5.41, 5.74) is 1.99. The Morgan fingerprint density at radius 2 is 1.82 bits per heavy atom. The zero-order valence-corrected chi connectivity index (χ0v) is 16.8. The maximum Gasteiger partial charge on any atom is 0.276 e. The van der Waals surface area contributed by atoms with Crippen LogP contribution in [0.25, 0.3) is 0 Å². The van der Waals surface area contributed by atoms with E-state index in [0.717, 1.165) is 11.3 Å². The molecule has 0 aliphatic rings. The Morgan fingerprint density at radius 1 is 1.07 bits per heavy atom. The first-order valence-electron chi connectivity index (χ1n) is 7.64. The van der Waals surface area contributed by atoms with Gasteiger partial charge in [-0.3, -0.25) is 14.9 Å². The largest absolute Gasteiger partial charge is 0.339 e. The number of sulfonamides is 2. The SMILES string of the molecule is Cn1cnc(S(=O)(=O)NNC(=O)c2ccccc2NS(=O)(=O)c2cccs2)c1. The number of carbonyl (C=O) groups is 1. The number of aryl methyl sites for hydroxylation is 1. The molecule has 0 spiro atoms. The average Bonchev–Trinajstić information content (AvgIpc) is 3.32. The van der Waals surface area contributed by atoms with Crippen LogP contribution in [0.1, 0.15) is 10.4 Å². The molecule has 3 N–H and O–H groups in total. The lowest BCUT2D eigenvalue weighted by Crippen LogP contribution is -2.42. The van der Waals surface area contributed by atoms with Crippen LogP contribution in [0.4, 0.5) is 5.69 Å². The van der Waals surface area contributed by atoms with E-state index >= 15 is 0 Å². The second-order valence-corrected chi connectivity index (χ2v) is 10.0. The van der Waals surface area contributed by atoms with Gasteiger partial charge in [0.25, 0.3) is 26.0 Å². The van der Waals surface area contributed by atoms with E-state index in [1.165, 1.54) is 41.4 Å². The number of carbonyl (C=O) groups excluding carboxylic acids is 1. The molecule has 1 aromatic carbocycles. The molecule has 2 aromatic heterocycles. The van der Waals surface area contributed by atoms with Crippen molar-refractivity contribution in [3.63, 3.8) is 0 Å². The van der Waals surface area contributed by atoms with Crippen LogP contribution < -0.4 is 15.0 Å². The Labute approximate surface area is 165 Å². The fourth-order valence-electron chi connectivity index (χ4n) is 2.14. The van der Waals surface area contributed by atoms with E-state index in [9.17, 15) is 21.6 Å². The van der Waals surface area contributed by atoms with E-state index in [1.807, 2.05) is 10.3 Å². The molecule has 28 heavy (non-hydrogen) atoms. The fourth-order valence-corrected chi connectivity index (χ4v) is 5.04. The van der Waals surface area contributed by atoms with Crippen molar-refractivity contribution >= 4 is 43.0 Å². The van der Waals surface area contributed by atoms with E-state index in [1.54, 1.807) is 24.6 Å². The molecule has 2 heterocycles. The van der Waals surface area contributed by atoms with Gasteiger partial charge in [0.05, 0.1) is 17.6 Å². The predicted molar refractivity (Wildman–Crippen MR) is 103 cm³/mol. The Hall–Kier alpha value is -2.74. The summed E-state index contributed by atoms with van der Waals surface area (Å²) in [6.07, 6.45) is 2.56. The van der Waals surface area contributed by atoms with Crippen molar-refractivity contribution in [1.82, 2.24) is 19.8 Å². The van der Waals surface area contributed by atoms with Crippen molar-refractivity contribution in [2.24, 2.45) is 7.05 Å². The van der Waals surface area contributed by atoms with Crippen LogP contribution in [-0.2, 0) is 27.1 Å². The summed E-state index contributed by atoms with van der Waals surface area (Å²) in [7, 11) is -6.35. The Morgan fingerprint density at radius 3 is 2.46 bits per heavy atom. The summed E-state index contributed by atoms with van der Waals surface area (Å²) >= 11 is 1.02. The lowest BCUT2D eigenvalue weighted by molar-refractivity contribution is 0.0946. The molecule has 0 aliphatic heterocycles. The van der Waals surface area contributed by atoms with Gasteiger partial charge in [-0.15, -0.1) is 16.2 Å². The smallest absolute Gasteiger partial charge is 0.276 e. The summed E-state index contributed by atoms with van der Waals surface area (Å²) in [4.78, 5) is 18.1. The number of aromatic nitrogens is 2. The number of nitrogens with zero attached hydrogens (tertiary/aromatic N) is 2. The lowest BCUT2D eigenvalue weighted by atomic mass is 10.2. The third kappa shape index (κ3) is 4.39. The molecule has 0 saturated heterocycles. The molecule has 1 amide bonds. The molecule has 0 bridgehead atoms. The van der Waals surface area contributed by atoms with Gasteiger partial charge < -0.3 is 4.57 Å². The lowest BCUT2D eigenvalue weighted by Gasteiger charge is -2.12. The number of anilines is 1. The highest BCUT2D eigenvalue weighted by atomic mass is 32.2. The Kier molecular flexibility index (Phi) is 5.51. The van der Waals surface area contributed by atoms with Gasteiger partial charge in [-0.2, -0.15) is 0 Å². The standard InChI is InChI=1S/C15H15N5O5S3/c1-20-9-13(16-10-20)27(22,23)19-17-15(21)11-5-2-3-6-12(11)18-28(24,25)14-7-4-8-26-14/h2-10,18-19H,1H3,(H,17,21). The number of hydrogen-bond acceptors (Lipinski definition) is 7. The van der Waals surface area contributed by atoms with Gasteiger partial charge >= 0.3 is 0 Å². The summed E-state index contributed by atoms with van der Waals surface area (Å²) < 4.78 is 52.9. The number of rotatable bonds is 7. The molecule has 10 nitrogen and oxygen atoms in total. The van der Waals surface area contributed by atoms with Gasteiger partial charge in [0, 0.05) is 13.2 Å². The molecule has 0 unspecified atom stereocenters. The third-order valence-corrected chi connectivity index (χ3v) is 7.33. The van der Waals surface area contributed by atoms with Gasteiger partial charge in [-0.05, 0) is 23.6 Å². The highest BCUT2D eigenvalue weighted by molar-refractivity contribution is 7.94. The second kappa shape index (κ2) is 7.71. The molecule has 0 aliphatic carbocycles. The number of para-hydroxylation sites is 1. The molecule has 3 aromatic rings. The molecule has 0 radical (unpaired) electrons. The van der Waals surface area contributed by atoms with Gasteiger partial charge in [0.1, 0.15) is 4.21 Å². The normalized spacial score (nSPS) is 11.9. The third-order valence-electron chi connectivity index (χ3n) is 3.43. The van der Waals surface area contributed by atoms with E-state index in [0.29, 0.717) is 0 Å². The summed E-state index contributed by atoms with van der Waals surface area (Å²) in [5, 5.41) is 1.33. The fraction of sp³-hybridized carbons (Fsp3) is 0.0667. The predicted octanol–water partition coefficient (Wildman–Crippen LogP) is 0.906. The highest BCUT2D eigenvalue weighted by Crippen LogP contribution is 2.22. The maximum atomic E-state index is 12.4. The molecule has 148 valence electrons. The first-order valence-corrected chi connectivity index (χ1v) is 11.5. The van der Waals surface area contributed by atoms with Gasteiger partial charge in [0.2, 0.25) is 0 Å². The van der Waals surface area contributed by atoms with Gasteiger partial charge in [-0.1, -0.05) is 18.2 Å². The molecular weight excluding hydrogens is 426 g/mol. The van der Waals surface area contributed by atoms with Gasteiger partial charge in [-0.25, -0.2) is 21.8 Å². The molecule has 13 heteroatoms. The summed E-state index contributed by atoms with van der Waals surface area (Å²) in [6, 6.07) is 8.83. The maximum absolute atomic E-state index is 12.4. The molecule has 3 rings (SSSR count). The first kappa shape index (κ1) is 20.0. The van der Waals surface area contributed by atoms with Crippen molar-refractivity contribution in [3.8, 4) is 0 Å². The first-order chi connectivity index (χ1) is 13.2. The minimum absolute atomic E-state index is 0.00503. The highest BCUT2D eigenvalue weighted by Gasteiger charge is 2.22. The molecule has 0 saturated carbocycles. The van der Waals surface area contributed by atoms with E-state index in [2.05, 4.69) is 9.71 Å². The van der Waals surface area contributed by atoms with Crippen molar-refractivity contribution in [1.29, 1.82) is 0 Å². The van der Waals surface area contributed by atoms with Crippen LogP contribution in [0.15, 0.2) is 63.5 Å². The Bertz CT molecular complexity index is 1200. The number of hydrogen-bond donors (Lipinski definition) is 3. The molecule has 0 fully saturated rings. The van der Waals surface area contributed by atoms with Crippen LogP contribution in [0.2, 0.25) is 0 Å². The van der Waals surface area contributed by atoms with Crippen LogP contribution >= 0.6 is 11.3 Å². The summed E-state index contributed by atoms with van der Waals surface area (Å²) in [6.45, 7) is 0. The van der Waals surface area contributed by atoms with Crippen LogP contribution in [0, 0.1) is 0 Å². The van der Waals surface area contributed by atoms with Crippen molar-refractivity contribution < 1.29 is 21.6 Å². The second-order valence-electron chi connectivity index (χ2n) is 5.52. The van der Waals surface area contributed by atoms with E-state index in [4.69, 9.17) is 0 Å². The number of hydrazine groups is 1.